The molecule has 5 heteroatoms. The molecule has 2 aromatic rings. The molecule has 2 heterocycles. The standard InChI is InChI=1S/C15H20N4S/c1-15(2,3)8-18-19-13-12-10-6-4-5-7-11(10)20-14(12)17-9-16-13/h8-9H,4-7H2,1-3H3,(H,16,17,19)/b18-8-. The molecule has 0 aliphatic heterocycles. The van der Waals surface area contributed by atoms with Crippen LogP contribution in [0.5, 0.6) is 0 Å². The second kappa shape index (κ2) is 5.13. The largest absolute Gasteiger partial charge is 0.261 e. The maximum absolute atomic E-state index is 4.42. The number of fused-ring (bicyclic) bond motifs is 3. The van der Waals surface area contributed by atoms with E-state index in [0.717, 1.165) is 17.1 Å². The Balaban J connectivity index is 1.98. The van der Waals surface area contributed by atoms with Gasteiger partial charge < -0.3 is 0 Å². The van der Waals surface area contributed by atoms with E-state index in [1.165, 1.54) is 35.1 Å². The van der Waals surface area contributed by atoms with Gasteiger partial charge in [0.2, 0.25) is 0 Å². The van der Waals surface area contributed by atoms with Crippen molar-refractivity contribution in [2.75, 3.05) is 5.43 Å². The fourth-order valence-electron chi connectivity index (χ4n) is 2.46. The summed E-state index contributed by atoms with van der Waals surface area (Å²) in [6.45, 7) is 6.38. The molecular formula is C15H20N4S. The first-order valence-corrected chi connectivity index (χ1v) is 7.92. The van der Waals surface area contributed by atoms with Crippen LogP contribution in [0.4, 0.5) is 5.82 Å². The first-order chi connectivity index (χ1) is 9.54. The lowest BCUT2D eigenvalue weighted by Gasteiger charge is -2.12. The van der Waals surface area contributed by atoms with Gasteiger partial charge in [0.15, 0.2) is 5.82 Å². The molecule has 0 spiro atoms. The normalized spacial score (nSPS) is 15.8. The first kappa shape index (κ1) is 13.5. The molecule has 1 aliphatic rings. The molecule has 0 aromatic carbocycles. The van der Waals surface area contributed by atoms with Gasteiger partial charge in [0.05, 0.1) is 5.39 Å². The highest BCUT2D eigenvalue weighted by atomic mass is 32.1. The van der Waals surface area contributed by atoms with Crippen LogP contribution in [0.2, 0.25) is 0 Å². The molecule has 0 atom stereocenters. The van der Waals surface area contributed by atoms with Crippen LogP contribution >= 0.6 is 11.3 Å². The summed E-state index contributed by atoms with van der Waals surface area (Å²) in [6, 6.07) is 0. The molecule has 0 radical (unpaired) electrons. The summed E-state index contributed by atoms with van der Waals surface area (Å²) in [4.78, 5) is 11.4. The molecule has 20 heavy (non-hydrogen) atoms. The highest BCUT2D eigenvalue weighted by Crippen LogP contribution is 2.38. The number of hydrogen-bond donors (Lipinski definition) is 1. The molecule has 1 N–H and O–H groups in total. The second-order valence-corrected chi connectivity index (χ2v) is 7.43. The van der Waals surface area contributed by atoms with Crippen LogP contribution in [0, 0.1) is 5.41 Å². The van der Waals surface area contributed by atoms with Crippen molar-refractivity contribution >= 4 is 33.6 Å². The number of hydrogen-bond acceptors (Lipinski definition) is 5. The van der Waals surface area contributed by atoms with Crippen LogP contribution in [0.15, 0.2) is 11.4 Å². The smallest absolute Gasteiger partial charge is 0.158 e. The maximum Gasteiger partial charge on any atom is 0.158 e. The second-order valence-electron chi connectivity index (χ2n) is 6.35. The summed E-state index contributed by atoms with van der Waals surface area (Å²) in [5.41, 5.74) is 4.60. The van der Waals surface area contributed by atoms with Gasteiger partial charge in [0.25, 0.3) is 0 Å². The molecule has 0 saturated carbocycles. The first-order valence-electron chi connectivity index (χ1n) is 7.10. The van der Waals surface area contributed by atoms with Gasteiger partial charge >= 0.3 is 0 Å². The molecule has 1 aliphatic carbocycles. The van der Waals surface area contributed by atoms with E-state index in [1.54, 1.807) is 6.33 Å². The lowest BCUT2D eigenvalue weighted by Crippen LogP contribution is -2.08. The Labute approximate surface area is 123 Å². The van der Waals surface area contributed by atoms with Crippen LogP contribution in [0.25, 0.3) is 10.2 Å². The van der Waals surface area contributed by atoms with Gasteiger partial charge in [0, 0.05) is 11.1 Å². The predicted molar refractivity (Wildman–Crippen MR) is 85.6 cm³/mol. The summed E-state index contributed by atoms with van der Waals surface area (Å²) in [6.07, 6.45) is 8.41. The Morgan fingerprint density at radius 2 is 2.05 bits per heavy atom. The van der Waals surface area contributed by atoms with Crippen molar-refractivity contribution < 1.29 is 0 Å². The van der Waals surface area contributed by atoms with Crippen LogP contribution in [0.1, 0.15) is 44.1 Å². The van der Waals surface area contributed by atoms with Crippen molar-refractivity contribution in [2.45, 2.75) is 46.5 Å². The minimum atomic E-state index is 0.0627. The number of aromatic nitrogens is 2. The topological polar surface area (TPSA) is 50.2 Å². The van der Waals surface area contributed by atoms with E-state index < -0.39 is 0 Å². The number of aryl methyl sites for hydroxylation is 2. The fourth-order valence-corrected chi connectivity index (χ4v) is 3.69. The zero-order valence-electron chi connectivity index (χ0n) is 12.2. The van der Waals surface area contributed by atoms with Gasteiger partial charge in [0.1, 0.15) is 11.2 Å². The third kappa shape index (κ3) is 2.68. The Kier molecular flexibility index (Phi) is 3.46. The van der Waals surface area contributed by atoms with Gasteiger partial charge in [-0.05, 0) is 36.7 Å². The highest BCUT2D eigenvalue weighted by Gasteiger charge is 2.19. The summed E-state index contributed by atoms with van der Waals surface area (Å²) in [5, 5.41) is 5.51. The summed E-state index contributed by atoms with van der Waals surface area (Å²) >= 11 is 1.81. The van der Waals surface area contributed by atoms with E-state index in [2.05, 4.69) is 41.3 Å². The van der Waals surface area contributed by atoms with Crippen molar-refractivity contribution in [3.63, 3.8) is 0 Å². The average molecular weight is 288 g/mol. The van der Waals surface area contributed by atoms with E-state index in [4.69, 9.17) is 0 Å². The number of nitrogens with one attached hydrogen (secondary N) is 1. The third-order valence-corrected chi connectivity index (χ3v) is 4.57. The number of hydrazone groups is 1. The van der Waals surface area contributed by atoms with Crippen molar-refractivity contribution in [2.24, 2.45) is 10.5 Å². The number of nitrogens with zero attached hydrogens (tertiary/aromatic N) is 3. The lowest BCUT2D eigenvalue weighted by atomic mass is 9.97. The van der Waals surface area contributed by atoms with E-state index in [0.29, 0.717) is 0 Å². The molecule has 0 unspecified atom stereocenters. The maximum atomic E-state index is 4.42. The predicted octanol–water partition coefficient (Wildman–Crippen LogP) is 4.01. The minimum Gasteiger partial charge on any atom is -0.261 e. The minimum absolute atomic E-state index is 0.0627. The van der Waals surface area contributed by atoms with Crippen LogP contribution in [-0.2, 0) is 12.8 Å². The SMILES string of the molecule is CC(C)(C)/C=N\Nc1ncnc2sc3c(c12)CCCC3. The van der Waals surface area contributed by atoms with Crippen molar-refractivity contribution in [3.8, 4) is 0 Å². The summed E-state index contributed by atoms with van der Waals surface area (Å²) in [5.74, 6) is 0.843. The molecule has 0 bridgehead atoms. The van der Waals surface area contributed by atoms with Crippen LogP contribution in [0.3, 0.4) is 0 Å². The van der Waals surface area contributed by atoms with Crippen molar-refractivity contribution in [1.29, 1.82) is 0 Å². The lowest BCUT2D eigenvalue weighted by molar-refractivity contribution is 0.606. The summed E-state index contributed by atoms with van der Waals surface area (Å²) in [7, 11) is 0. The van der Waals surface area contributed by atoms with Crippen molar-refractivity contribution in [1.82, 2.24) is 9.97 Å². The van der Waals surface area contributed by atoms with E-state index in [-0.39, 0.29) is 5.41 Å². The molecule has 0 saturated heterocycles. The number of rotatable bonds is 2. The Bertz CT molecular complexity index is 652. The Hall–Kier alpha value is -1.49. The fraction of sp³-hybridized carbons (Fsp3) is 0.533. The van der Waals surface area contributed by atoms with Gasteiger partial charge in [-0.3, -0.25) is 5.43 Å². The number of thiophene rings is 1. The molecule has 4 nitrogen and oxygen atoms in total. The average Bonchev–Trinajstić information content (AvgIpc) is 2.76. The zero-order valence-corrected chi connectivity index (χ0v) is 13.0. The zero-order chi connectivity index (χ0) is 14.2. The molecule has 106 valence electrons. The molecule has 0 fully saturated rings. The van der Waals surface area contributed by atoms with Gasteiger partial charge in [-0.1, -0.05) is 20.8 Å². The van der Waals surface area contributed by atoms with Crippen LogP contribution in [-0.4, -0.2) is 16.2 Å². The van der Waals surface area contributed by atoms with Gasteiger partial charge in [-0.2, -0.15) is 5.10 Å². The van der Waals surface area contributed by atoms with Gasteiger partial charge in [-0.15, -0.1) is 11.3 Å². The van der Waals surface area contributed by atoms with E-state index in [1.807, 2.05) is 17.6 Å². The van der Waals surface area contributed by atoms with E-state index >= 15 is 0 Å². The monoisotopic (exact) mass is 288 g/mol. The van der Waals surface area contributed by atoms with Gasteiger partial charge in [-0.25, -0.2) is 9.97 Å². The van der Waals surface area contributed by atoms with Crippen molar-refractivity contribution in [3.05, 3.63) is 16.8 Å². The molecular weight excluding hydrogens is 268 g/mol. The molecule has 0 amide bonds. The summed E-state index contributed by atoms with van der Waals surface area (Å²) < 4.78 is 0. The number of anilines is 1. The van der Waals surface area contributed by atoms with Crippen LogP contribution < -0.4 is 5.43 Å². The third-order valence-electron chi connectivity index (χ3n) is 3.37. The Morgan fingerprint density at radius 3 is 2.85 bits per heavy atom. The quantitative estimate of drug-likeness (QED) is 0.671. The highest BCUT2D eigenvalue weighted by molar-refractivity contribution is 7.19. The Morgan fingerprint density at radius 1 is 1.25 bits per heavy atom. The van der Waals surface area contributed by atoms with E-state index in [9.17, 15) is 0 Å². The molecule has 3 rings (SSSR count). The molecule has 2 aromatic heterocycles.